The first kappa shape index (κ1) is 29.3. The molecule has 8 aromatic rings. The van der Waals surface area contributed by atoms with Gasteiger partial charge in [0.1, 0.15) is 11.4 Å². The molecule has 0 N–H and O–H groups in total. The molecule has 238 valence electrons. The predicted octanol–water partition coefficient (Wildman–Crippen LogP) is 9.52. The van der Waals surface area contributed by atoms with E-state index in [0.717, 1.165) is 44.5 Å². The van der Waals surface area contributed by atoms with Crippen molar-refractivity contribution < 1.29 is 8.83 Å². The predicted molar refractivity (Wildman–Crippen MR) is 193 cm³/mol. The van der Waals surface area contributed by atoms with Crippen molar-refractivity contribution in [1.82, 2.24) is 30.4 Å². The van der Waals surface area contributed by atoms with Crippen LogP contribution in [0.3, 0.4) is 0 Å². The minimum atomic E-state index is 0.153. The van der Waals surface area contributed by atoms with Gasteiger partial charge in [0.2, 0.25) is 11.8 Å². The van der Waals surface area contributed by atoms with Crippen molar-refractivity contribution in [1.29, 1.82) is 0 Å². The quantitative estimate of drug-likeness (QED) is 0.175. The van der Waals surface area contributed by atoms with E-state index in [9.17, 15) is 0 Å². The molecule has 0 fully saturated rings. The highest BCUT2D eigenvalue weighted by Crippen LogP contribution is 2.40. The van der Waals surface area contributed by atoms with Crippen LogP contribution in [0.25, 0.3) is 67.8 Å². The molecule has 1 atom stereocenters. The summed E-state index contributed by atoms with van der Waals surface area (Å²) in [7, 11) is 0. The molecule has 9 nitrogen and oxygen atoms in total. The van der Waals surface area contributed by atoms with Gasteiger partial charge >= 0.3 is 0 Å². The number of nitrogens with zero attached hydrogens (tertiary/aromatic N) is 7. The first-order valence-corrected chi connectivity index (χ1v) is 16.2. The molecule has 50 heavy (non-hydrogen) atoms. The lowest BCUT2D eigenvalue weighted by molar-refractivity contribution is 0.559. The van der Waals surface area contributed by atoms with Gasteiger partial charge in [-0.15, -0.1) is 20.4 Å². The molecular formula is C41H27N7O2. The third kappa shape index (κ3) is 5.36. The topological polar surface area (TPSA) is 116 Å². The Morgan fingerprint density at radius 2 is 1.16 bits per heavy atom. The van der Waals surface area contributed by atoms with Crippen LogP contribution in [0.15, 0.2) is 154 Å². The van der Waals surface area contributed by atoms with E-state index in [2.05, 4.69) is 80.8 Å². The Labute approximate surface area is 286 Å². The molecule has 1 aliphatic rings. The number of aliphatic imine (C=N–C) groups is 1. The van der Waals surface area contributed by atoms with Crippen LogP contribution in [0, 0.1) is 0 Å². The summed E-state index contributed by atoms with van der Waals surface area (Å²) in [5.41, 5.74) is 10.2. The van der Waals surface area contributed by atoms with Gasteiger partial charge in [-0.1, -0.05) is 110 Å². The molecule has 0 saturated carbocycles. The molecule has 1 aliphatic heterocycles. The molecule has 9 rings (SSSR count). The van der Waals surface area contributed by atoms with Crippen molar-refractivity contribution in [2.24, 2.45) is 4.99 Å². The Bertz CT molecular complexity index is 2570. The number of benzene rings is 5. The lowest BCUT2D eigenvalue weighted by Gasteiger charge is -2.13. The summed E-state index contributed by atoms with van der Waals surface area (Å²) in [6.07, 6.45) is 5.71. The van der Waals surface area contributed by atoms with E-state index in [1.165, 1.54) is 0 Å². The Morgan fingerprint density at radius 1 is 0.560 bits per heavy atom. The van der Waals surface area contributed by atoms with E-state index < -0.39 is 0 Å². The molecule has 0 bridgehead atoms. The van der Waals surface area contributed by atoms with E-state index >= 15 is 0 Å². The van der Waals surface area contributed by atoms with Crippen LogP contribution in [0.5, 0.6) is 0 Å². The van der Waals surface area contributed by atoms with Crippen molar-refractivity contribution in [2.45, 2.75) is 12.8 Å². The molecule has 0 amide bonds. The molecule has 0 saturated heterocycles. The largest absolute Gasteiger partial charge is 0.415 e. The molecule has 0 radical (unpaired) electrons. The number of rotatable bonds is 6. The second-order valence-electron chi connectivity index (χ2n) is 12.0. The molecule has 3 aromatic heterocycles. The van der Waals surface area contributed by atoms with Crippen LogP contribution in [0.1, 0.15) is 24.3 Å². The van der Waals surface area contributed by atoms with Gasteiger partial charge in [-0.05, 0) is 47.0 Å². The second-order valence-corrected chi connectivity index (χ2v) is 12.0. The van der Waals surface area contributed by atoms with Crippen molar-refractivity contribution in [3.8, 4) is 56.7 Å². The first-order chi connectivity index (χ1) is 24.7. The zero-order chi connectivity index (χ0) is 33.4. The summed E-state index contributed by atoms with van der Waals surface area (Å²) in [5.74, 6) is 1.43. The minimum Gasteiger partial charge on any atom is -0.415 e. The maximum atomic E-state index is 6.23. The number of allylic oxidation sites excluding steroid dienone is 2. The molecule has 0 aliphatic carbocycles. The highest BCUT2D eigenvalue weighted by atomic mass is 16.4. The van der Waals surface area contributed by atoms with Gasteiger partial charge in [-0.3, -0.25) is 4.98 Å². The van der Waals surface area contributed by atoms with Crippen LogP contribution in [0.4, 0.5) is 5.69 Å². The molecule has 5 aromatic carbocycles. The van der Waals surface area contributed by atoms with E-state index in [0.29, 0.717) is 40.2 Å². The van der Waals surface area contributed by atoms with Gasteiger partial charge in [0, 0.05) is 28.2 Å². The first-order valence-electron chi connectivity index (χ1n) is 16.2. The SMILES string of the molecule is C[C@@H]1C=CC(c2nnc(-c3cccc(-c4nnc(-c5cnc6cccc(-c7ccccc7)c6n5)o4)c3)o2)=Nc2c(-c3ccccc3)cccc21. The number of hydrogen-bond donors (Lipinski definition) is 0. The van der Waals surface area contributed by atoms with Gasteiger partial charge in [-0.25, -0.2) is 9.98 Å². The lowest BCUT2D eigenvalue weighted by atomic mass is 9.94. The Balaban J connectivity index is 1.02. The third-order valence-corrected chi connectivity index (χ3v) is 8.72. The summed E-state index contributed by atoms with van der Waals surface area (Å²) in [6, 6.07) is 40.1. The van der Waals surface area contributed by atoms with Crippen LogP contribution in [-0.4, -0.2) is 36.1 Å². The average molecular weight is 650 g/mol. The van der Waals surface area contributed by atoms with Crippen molar-refractivity contribution in [2.75, 3.05) is 0 Å². The van der Waals surface area contributed by atoms with E-state index in [4.69, 9.17) is 18.8 Å². The fourth-order valence-electron chi connectivity index (χ4n) is 6.18. The van der Waals surface area contributed by atoms with E-state index in [1.807, 2.05) is 84.9 Å². The van der Waals surface area contributed by atoms with Crippen LogP contribution < -0.4 is 0 Å². The fourth-order valence-corrected chi connectivity index (χ4v) is 6.18. The highest BCUT2D eigenvalue weighted by molar-refractivity contribution is 6.08. The van der Waals surface area contributed by atoms with Crippen molar-refractivity contribution >= 4 is 22.4 Å². The normalized spacial score (nSPS) is 13.9. The summed E-state index contributed by atoms with van der Waals surface area (Å²) in [4.78, 5) is 14.6. The maximum absolute atomic E-state index is 6.23. The summed E-state index contributed by atoms with van der Waals surface area (Å²) in [5, 5.41) is 17.4. The fraction of sp³-hybridized carbons (Fsp3) is 0.0488. The van der Waals surface area contributed by atoms with Gasteiger partial charge in [0.15, 0.2) is 0 Å². The lowest BCUT2D eigenvalue weighted by Crippen LogP contribution is -1.96. The Hall–Kier alpha value is -6.87. The summed E-state index contributed by atoms with van der Waals surface area (Å²) < 4.78 is 12.4. The number of para-hydroxylation sites is 2. The highest BCUT2D eigenvalue weighted by Gasteiger charge is 2.21. The summed E-state index contributed by atoms with van der Waals surface area (Å²) in [6.45, 7) is 2.16. The zero-order valence-corrected chi connectivity index (χ0v) is 26.8. The minimum absolute atomic E-state index is 0.153. The number of aromatic nitrogens is 6. The average Bonchev–Trinajstić information content (AvgIpc) is 3.85. The van der Waals surface area contributed by atoms with Gasteiger partial charge in [0.05, 0.1) is 22.9 Å². The molecule has 4 heterocycles. The number of fused-ring (bicyclic) bond motifs is 2. The molecule has 0 unspecified atom stereocenters. The maximum Gasteiger partial charge on any atom is 0.268 e. The zero-order valence-electron chi connectivity index (χ0n) is 26.8. The van der Waals surface area contributed by atoms with Crippen molar-refractivity contribution in [3.05, 3.63) is 151 Å². The van der Waals surface area contributed by atoms with E-state index in [-0.39, 0.29) is 11.8 Å². The monoisotopic (exact) mass is 649 g/mol. The Kier molecular flexibility index (Phi) is 7.20. The van der Waals surface area contributed by atoms with Gasteiger partial charge in [0.25, 0.3) is 11.8 Å². The van der Waals surface area contributed by atoms with Crippen LogP contribution in [0.2, 0.25) is 0 Å². The van der Waals surface area contributed by atoms with Gasteiger partial charge < -0.3 is 8.83 Å². The molecule has 0 spiro atoms. The van der Waals surface area contributed by atoms with E-state index in [1.54, 1.807) is 6.20 Å². The van der Waals surface area contributed by atoms with Crippen molar-refractivity contribution in [3.63, 3.8) is 0 Å². The standard InChI is InChI=1S/C41H27N7O2/c1-25-21-22-34(43-36-30(25)17-9-18-31(36)26-11-4-2-5-12-26)40-47-45-38(49-40)28-15-8-16-29(23-28)39-46-48-41(50-39)35-24-42-33-20-10-19-32(37(33)44-35)27-13-6-3-7-14-27/h2-25H,1H3/t25-/m1/s1. The Morgan fingerprint density at radius 3 is 1.92 bits per heavy atom. The van der Waals surface area contributed by atoms with Crippen LogP contribution >= 0.6 is 0 Å². The van der Waals surface area contributed by atoms with Crippen LogP contribution in [-0.2, 0) is 0 Å². The molecular weight excluding hydrogens is 622 g/mol. The number of hydrogen-bond acceptors (Lipinski definition) is 9. The molecule has 9 heteroatoms. The third-order valence-electron chi connectivity index (χ3n) is 8.72. The summed E-state index contributed by atoms with van der Waals surface area (Å²) >= 11 is 0. The van der Waals surface area contributed by atoms with Gasteiger partial charge in [-0.2, -0.15) is 0 Å². The smallest absolute Gasteiger partial charge is 0.268 e. The second kappa shape index (κ2) is 12.3.